The Labute approximate surface area is 279 Å². The second-order valence-corrected chi connectivity index (χ2v) is 11.5. The molecule has 0 amide bonds. The predicted molar refractivity (Wildman–Crippen MR) is 193 cm³/mol. The number of benzene rings is 5. The zero-order valence-electron chi connectivity index (χ0n) is 26.0. The highest BCUT2D eigenvalue weighted by atomic mass is 15.0. The third kappa shape index (κ3) is 6.13. The van der Waals surface area contributed by atoms with E-state index in [2.05, 4.69) is 107 Å². The summed E-state index contributed by atoms with van der Waals surface area (Å²) in [6.07, 6.45) is 7.31. The summed E-state index contributed by atoms with van der Waals surface area (Å²) in [5, 5.41) is 0. The van der Waals surface area contributed by atoms with Crippen molar-refractivity contribution in [3.8, 4) is 78.7 Å². The summed E-state index contributed by atoms with van der Waals surface area (Å²) in [6.45, 7) is 0. The van der Waals surface area contributed by atoms with E-state index in [9.17, 15) is 0 Å². The highest BCUT2D eigenvalue weighted by molar-refractivity contribution is 5.81. The second kappa shape index (κ2) is 13.0. The molecule has 0 bridgehead atoms. The summed E-state index contributed by atoms with van der Waals surface area (Å²) in [4.78, 5) is 23.6. The quantitative estimate of drug-likeness (QED) is 0.178. The highest BCUT2D eigenvalue weighted by Crippen LogP contribution is 2.34. The Balaban J connectivity index is 1.26. The van der Waals surface area contributed by atoms with E-state index in [0.717, 1.165) is 55.6 Å². The maximum Gasteiger partial charge on any atom is 0.164 e. The molecule has 5 aromatic carbocycles. The van der Waals surface area contributed by atoms with Gasteiger partial charge in [0.1, 0.15) is 0 Å². The molecule has 0 saturated carbocycles. The van der Waals surface area contributed by atoms with Gasteiger partial charge in [-0.15, -0.1) is 0 Å². The number of hydrogen-bond acceptors (Lipinski definition) is 5. The van der Waals surface area contributed by atoms with Gasteiger partial charge in [0.2, 0.25) is 0 Å². The first-order valence-electron chi connectivity index (χ1n) is 15.8. The zero-order chi connectivity index (χ0) is 32.1. The first-order valence-corrected chi connectivity index (χ1v) is 15.8. The molecule has 8 aromatic rings. The minimum atomic E-state index is 0.607. The Kier molecular flexibility index (Phi) is 7.83. The van der Waals surface area contributed by atoms with Gasteiger partial charge < -0.3 is 0 Å². The predicted octanol–water partition coefficient (Wildman–Crippen LogP) is 10.3. The Morgan fingerprint density at radius 2 is 0.646 bits per heavy atom. The molecule has 48 heavy (non-hydrogen) atoms. The topological polar surface area (TPSA) is 64.5 Å². The molecule has 0 saturated heterocycles. The molecule has 3 heterocycles. The number of aromatic nitrogens is 5. The van der Waals surface area contributed by atoms with E-state index in [1.807, 2.05) is 73.2 Å². The molecule has 226 valence electrons. The van der Waals surface area contributed by atoms with Crippen LogP contribution in [0.2, 0.25) is 0 Å². The molecule has 0 spiro atoms. The van der Waals surface area contributed by atoms with E-state index in [4.69, 9.17) is 15.0 Å². The zero-order valence-corrected chi connectivity index (χ0v) is 26.0. The molecule has 0 radical (unpaired) electrons. The van der Waals surface area contributed by atoms with Gasteiger partial charge in [0.25, 0.3) is 0 Å². The number of rotatable bonds is 7. The lowest BCUT2D eigenvalue weighted by Crippen LogP contribution is -2.00. The van der Waals surface area contributed by atoms with Crippen LogP contribution in [0, 0.1) is 0 Å². The largest absolute Gasteiger partial charge is 0.265 e. The lowest BCUT2D eigenvalue weighted by atomic mass is 9.95. The summed E-state index contributed by atoms with van der Waals surface area (Å²) in [5.41, 5.74) is 11.5. The van der Waals surface area contributed by atoms with Crippen molar-refractivity contribution in [2.45, 2.75) is 0 Å². The van der Waals surface area contributed by atoms with Gasteiger partial charge in [-0.2, -0.15) is 0 Å². The van der Waals surface area contributed by atoms with Crippen LogP contribution in [0.15, 0.2) is 176 Å². The average molecular weight is 616 g/mol. The van der Waals surface area contributed by atoms with Gasteiger partial charge in [0.15, 0.2) is 17.5 Å². The van der Waals surface area contributed by atoms with E-state index in [0.29, 0.717) is 17.5 Å². The van der Waals surface area contributed by atoms with Crippen molar-refractivity contribution in [2.75, 3.05) is 0 Å². The van der Waals surface area contributed by atoms with Crippen molar-refractivity contribution < 1.29 is 0 Å². The molecule has 0 aliphatic heterocycles. The molecule has 0 aliphatic carbocycles. The van der Waals surface area contributed by atoms with E-state index in [-0.39, 0.29) is 0 Å². The first-order chi connectivity index (χ1) is 23.8. The summed E-state index contributed by atoms with van der Waals surface area (Å²) in [7, 11) is 0. The summed E-state index contributed by atoms with van der Waals surface area (Å²) in [6, 6.07) is 52.0. The van der Waals surface area contributed by atoms with Crippen molar-refractivity contribution in [2.24, 2.45) is 0 Å². The summed E-state index contributed by atoms with van der Waals surface area (Å²) in [5.74, 6) is 1.85. The van der Waals surface area contributed by atoms with Gasteiger partial charge in [0.05, 0.1) is 0 Å². The van der Waals surface area contributed by atoms with Gasteiger partial charge in [-0.1, -0.05) is 115 Å². The Bertz CT molecular complexity index is 2120. The van der Waals surface area contributed by atoms with E-state index >= 15 is 0 Å². The second-order valence-electron chi connectivity index (χ2n) is 11.5. The van der Waals surface area contributed by atoms with E-state index in [1.165, 1.54) is 5.56 Å². The molecule has 0 unspecified atom stereocenters. The number of hydrogen-bond donors (Lipinski definition) is 0. The van der Waals surface area contributed by atoms with Crippen LogP contribution < -0.4 is 0 Å². The molecular weight excluding hydrogens is 587 g/mol. The highest BCUT2D eigenvalue weighted by Gasteiger charge is 2.15. The Hall–Kier alpha value is -6.59. The van der Waals surface area contributed by atoms with Crippen molar-refractivity contribution in [3.05, 3.63) is 176 Å². The summed E-state index contributed by atoms with van der Waals surface area (Å²) >= 11 is 0. The Morgan fingerprint density at radius 3 is 1.21 bits per heavy atom. The fourth-order valence-corrected chi connectivity index (χ4v) is 5.82. The molecule has 5 heteroatoms. The summed E-state index contributed by atoms with van der Waals surface area (Å²) < 4.78 is 0. The van der Waals surface area contributed by atoms with Gasteiger partial charge in [-0.3, -0.25) is 9.97 Å². The van der Waals surface area contributed by atoms with E-state index < -0.39 is 0 Å². The van der Waals surface area contributed by atoms with Crippen LogP contribution in [0.1, 0.15) is 0 Å². The molecule has 0 atom stereocenters. The van der Waals surface area contributed by atoms with Gasteiger partial charge in [0, 0.05) is 41.5 Å². The molecule has 0 N–H and O–H groups in total. The monoisotopic (exact) mass is 615 g/mol. The van der Waals surface area contributed by atoms with Crippen LogP contribution >= 0.6 is 0 Å². The minimum absolute atomic E-state index is 0.607. The van der Waals surface area contributed by atoms with Gasteiger partial charge in [-0.05, 0) is 80.9 Å². The van der Waals surface area contributed by atoms with E-state index in [1.54, 1.807) is 6.20 Å². The average Bonchev–Trinajstić information content (AvgIpc) is 3.19. The molecule has 8 rings (SSSR count). The van der Waals surface area contributed by atoms with Crippen LogP contribution in [0.25, 0.3) is 78.7 Å². The van der Waals surface area contributed by atoms with Crippen molar-refractivity contribution >= 4 is 0 Å². The van der Waals surface area contributed by atoms with Crippen LogP contribution in [0.5, 0.6) is 0 Å². The van der Waals surface area contributed by atoms with Crippen LogP contribution in [-0.4, -0.2) is 24.9 Å². The molecule has 0 aliphatic rings. The van der Waals surface area contributed by atoms with Gasteiger partial charge in [-0.25, -0.2) is 15.0 Å². The standard InChI is InChI=1S/C43H29N5/c1-3-8-30(9-4-1)31-17-19-36(20-18-31)42-46-41(35-10-5-2-6-11-35)47-43(48-42)40-27-38(26-39(28-40)34-21-24-44-25-22-34)33-15-13-32(14-16-33)37-12-7-23-45-29-37/h1-29H. The van der Waals surface area contributed by atoms with Gasteiger partial charge >= 0.3 is 0 Å². The first kappa shape index (κ1) is 28.9. The molecule has 0 fully saturated rings. The van der Waals surface area contributed by atoms with Crippen molar-refractivity contribution in [3.63, 3.8) is 0 Å². The van der Waals surface area contributed by atoms with Crippen LogP contribution in [0.4, 0.5) is 0 Å². The minimum Gasteiger partial charge on any atom is -0.265 e. The fraction of sp³-hybridized carbons (Fsp3) is 0. The van der Waals surface area contributed by atoms with Crippen molar-refractivity contribution in [1.82, 2.24) is 24.9 Å². The Morgan fingerprint density at radius 1 is 0.250 bits per heavy atom. The van der Waals surface area contributed by atoms with Crippen molar-refractivity contribution in [1.29, 1.82) is 0 Å². The maximum atomic E-state index is 5.08. The third-order valence-electron chi connectivity index (χ3n) is 8.34. The molecular formula is C43H29N5. The molecule has 5 nitrogen and oxygen atoms in total. The smallest absolute Gasteiger partial charge is 0.164 e. The number of pyridine rings is 2. The van der Waals surface area contributed by atoms with Crippen LogP contribution in [0.3, 0.4) is 0 Å². The SMILES string of the molecule is c1ccc(-c2ccc(-c3nc(-c4ccccc4)nc(-c4cc(-c5ccncc5)cc(-c5ccc(-c6cccnc6)cc5)c4)n3)cc2)cc1. The number of nitrogens with zero attached hydrogens (tertiary/aromatic N) is 5. The lowest BCUT2D eigenvalue weighted by Gasteiger charge is -2.13. The lowest BCUT2D eigenvalue weighted by molar-refractivity contribution is 1.07. The maximum absolute atomic E-state index is 5.08. The fourth-order valence-electron chi connectivity index (χ4n) is 5.82. The third-order valence-corrected chi connectivity index (χ3v) is 8.34. The normalized spacial score (nSPS) is 10.9. The molecule has 3 aromatic heterocycles. The van der Waals surface area contributed by atoms with Crippen LogP contribution in [-0.2, 0) is 0 Å².